The number of carbonyl (C=O) groups excluding carboxylic acids is 1. The highest BCUT2D eigenvalue weighted by molar-refractivity contribution is 6.05. The lowest BCUT2D eigenvalue weighted by Crippen LogP contribution is -2.20. The van der Waals surface area contributed by atoms with E-state index in [0.29, 0.717) is 28.8 Å². The number of nitro benzene ring substituents is 1. The van der Waals surface area contributed by atoms with Crippen LogP contribution in [0.3, 0.4) is 0 Å². The van der Waals surface area contributed by atoms with Crippen molar-refractivity contribution in [2.45, 2.75) is 39.5 Å². The largest absolute Gasteiger partial charge is 0.436 e. The maximum atomic E-state index is 13.1. The second-order valence-electron chi connectivity index (χ2n) is 9.54. The van der Waals surface area contributed by atoms with Gasteiger partial charge in [-0.05, 0) is 73.2 Å². The summed E-state index contributed by atoms with van der Waals surface area (Å²) in [4.78, 5) is 31.0. The highest BCUT2D eigenvalue weighted by Gasteiger charge is 2.24. The van der Waals surface area contributed by atoms with Crippen molar-refractivity contribution >= 4 is 34.1 Å². The van der Waals surface area contributed by atoms with Crippen LogP contribution in [0.15, 0.2) is 59.0 Å². The van der Waals surface area contributed by atoms with Gasteiger partial charge in [0.25, 0.3) is 11.6 Å². The molecule has 0 saturated carbocycles. The topological polar surface area (TPSA) is 102 Å². The molecular formula is C28H28N4O4. The number of fused-ring (bicyclic) bond motifs is 1. The third-order valence-electron chi connectivity index (χ3n) is 6.69. The van der Waals surface area contributed by atoms with Crippen molar-refractivity contribution in [3.8, 4) is 11.5 Å². The Balaban J connectivity index is 1.42. The number of aromatic nitrogens is 1. The van der Waals surface area contributed by atoms with E-state index >= 15 is 0 Å². The van der Waals surface area contributed by atoms with E-state index in [4.69, 9.17) is 4.42 Å². The number of carbonyl (C=O) groups is 1. The number of oxazole rings is 1. The zero-order chi connectivity index (χ0) is 25.4. The fourth-order valence-corrected chi connectivity index (χ4v) is 4.55. The number of rotatable bonds is 6. The van der Waals surface area contributed by atoms with E-state index in [0.717, 1.165) is 42.6 Å². The van der Waals surface area contributed by atoms with Crippen molar-refractivity contribution in [1.82, 2.24) is 4.98 Å². The molecule has 0 radical (unpaired) electrons. The van der Waals surface area contributed by atoms with Crippen molar-refractivity contribution < 1.29 is 14.1 Å². The summed E-state index contributed by atoms with van der Waals surface area (Å²) >= 11 is 0. The van der Waals surface area contributed by atoms with Gasteiger partial charge in [0.2, 0.25) is 5.89 Å². The molecule has 0 atom stereocenters. The summed E-state index contributed by atoms with van der Waals surface area (Å²) in [6, 6.07) is 16.3. The highest BCUT2D eigenvalue weighted by Crippen LogP contribution is 2.33. The fraction of sp³-hybridized carbons (Fsp3) is 0.286. The number of amides is 1. The van der Waals surface area contributed by atoms with Crippen LogP contribution < -0.4 is 10.2 Å². The predicted octanol–water partition coefficient (Wildman–Crippen LogP) is 6.69. The predicted molar refractivity (Wildman–Crippen MR) is 141 cm³/mol. The molecule has 5 rings (SSSR count). The summed E-state index contributed by atoms with van der Waals surface area (Å²) in [6.07, 6.45) is 2.02. The first-order chi connectivity index (χ1) is 17.3. The molecule has 3 aromatic carbocycles. The Morgan fingerprint density at radius 2 is 1.86 bits per heavy atom. The normalized spacial score (nSPS) is 13.5. The SMILES string of the molecule is Cc1ccc(-c2nc3cc(C(C)C)ccc3o2)cc1NC(=O)c1ccc(N2CCCC2)c([N+](=O)[O-])c1. The van der Waals surface area contributed by atoms with E-state index in [2.05, 4.69) is 24.1 Å². The smallest absolute Gasteiger partial charge is 0.293 e. The average Bonchev–Trinajstić information content (AvgIpc) is 3.54. The Morgan fingerprint density at radius 3 is 2.58 bits per heavy atom. The number of hydrogen-bond donors (Lipinski definition) is 1. The van der Waals surface area contributed by atoms with E-state index in [1.54, 1.807) is 12.1 Å². The van der Waals surface area contributed by atoms with Gasteiger partial charge in [-0.25, -0.2) is 4.98 Å². The van der Waals surface area contributed by atoms with Crippen LogP contribution >= 0.6 is 0 Å². The molecule has 0 aliphatic carbocycles. The second-order valence-corrected chi connectivity index (χ2v) is 9.54. The Labute approximate surface area is 209 Å². The van der Waals surface area contributed by atoms with Gasteiger partial charge in [0.05, 0.1) is 4.92 Å². The van der Waals surface area contributed by atoms with Gasteiger partial charge in [0.15, 0.2) is 5.58 Å². The van der Waals surface area contributed by atoms with Gasteiger partial charge in [-0.2, -0.15) is 0 Å². The van der Waals surface area contributed by atoms with Crippen LogP contribution in [0.25, 0.3) is 22.6 Å². The molecule has 184 valence electrons. The molecule has 0 spiro atoms. The molecule has 2 heterocycles. The summed E-state index contributed by atoms with van der Waals surface area (Å²) < 4.78 is 5.97. The third-order valence-corrected chi connectivity index (χ3v) is 6.69. The summed E-state index contributed by atoms with van der Waals surface area (Å²) in [6.45, 7) is 7.72. The molecule has 1 N–H and O–H groups in total. The molecule has 8 heteroatoms. The Morgan fingerprint density at radius 1 is 1.08 bits per heavy atom. The van der Waals surface area contributed by atoms with Crippen molar-refractivity contribution in [2.24, 2.45) is 0 Å². The van der Waals surface area contributed by atoms with E-state index < -0.39 is 10.8 Å². The van der Waals surface area contributed by atoms with Gasteiger partial charge in [-0.15, -0.1) is 0 Å². The molecular weight excluding hydrogens is 456 g/mol. The zero-order valence-corrected chi connectivity index (χ0v) is 20.6. The molecule has 36 heavy (non-hydrogen) atoms. The maximum absolute atomic E-state index is 13.1. The Bertz CT molecular complexity index is 1470. The van der Waals surface area contributed by atoms with Crippen LogP contribution in [-0.2, 0) is 0 Å². The summed E-state index contributed by atoms with van der Waals surface area (Å²) in [7, 11) is 0. The minimum atomic E-state index is -0.422. The maximum Gasteiger partial charge on any atom is 0.293 e. The fourth-order valence-electron chi connectivity index (χ4n) is 4.55. The van der Waals surface area contributed by atoms with Crippen molar-refractivity contribution in [2.75, 3.05) is 23.3 Å². The number of hydrogen-bond acceptors (Lipinski definition) is 6. The lowest BCUT2D eigenvalue weighted by molar-refractivity contribution is -0.384. The van der Waals surface area contributed by atoms with Gasteiger partial charge < -0.3 is 14.6 Å². The number of benzene rings is 3. The molecule has 1 aliphatic rings. The highest BCUT2D eigenvalue weighted by atomic mass is 16.6. The molecule has 1 aliphatic heterocycles. The minimum absolute atomic E-state index is 0.0535. The second kappa shape index (κ2) is 9.45. The first-order valence-electron chi connectivity index (χ1n) is 12.2. The molecule has 1 saturated heterocycles. The van der Waals surface area contributed by atoms with Gasteiger partial charge in [0, 0.05) is 36.0 Å². The summed E-state index contributed by atoms with van der Waals surface area (Å²) in [5, 5.41) is 14.6. The first-order valence-corrected chi connectivity index (χ1v) is 12.2. The Kier molecular flexibility index (Phi) is 6.18. The van der Waals surface area contributed by atoms with E-state index in [1.165, 1.54) is 11.6 Å². The number of nitrogens with zero attached hydrogens (tertiary/aromatic N) is 3. The summed E-state index contributed by atoms with van der Waals surface area (Å²) in [5.41, 5.74) is 5.59. The van der Waals surface area contributed by atoms with Crippen LogP contribution in [0.5, 0.6) is 0 Å². The van der Waals surface area contributed by atoms with Gasteiger partial charge in [0.1, 0.15) is 11.2 Å². The number of nitrogens with one attached hydrogen (secondary N) is 1. The van der Waals surface area contributed by atoms with Crippen LogP contribution in [0.1, 0.15) is 54.1 Å². The standard InChI is InChI=1S/C28H28N4O4/c1-17(2)19-9-11-26-23(14-19)30-28(36-26)21-7-6-18(3)22(15-21)29-27(33)20-8-10-24(25(16-20)32(34)35)31-12-4-5-13-31/h6-11,14-17H,4-5,12-13H2,1-3H3,(H,29,33). The molecule has 4 aromatic rings. The quantitative estimate of drug-likeness (QED) is 0.242. The molecule has 1 aromatic heterocycles. The number of anilines is 2. The number of nitro groups is 1. The number of aryl methyl sites for hydroxylation is 1. The Hall–Kier alpha value is -4.20. The zero-order valence-electron chi connectivity index (χ0n) is 20.6. The van der Waals surface area contributed by atoms with E-state index in [1.807, 2.05) is 48.2 Å². The van der Waals surface area contributed by atoms with Crippen molar-refractivity contribution in [1.29, 1.82) is 0 Å². The third kappa shape index (κ3) is 4.54. The van der Waals surface area contributed by atoms with Gasteiger partial charge in [-0.1, -0.05) is 26.0 Å². The van der Waals surface area contributed by atoms with E-state index in [-0.39, 0.29) is 11.3 Å². The van der Waals surface area contributed by atoms with Gasteiger partial charge >= 0.3 is 0 Å². The van der Waals surface area contributed by atoms with Crippen LogP contribution in [0.2, 0.25) is 0 Å². The first kappa shape index (κ1) is 23.5. The molecule has 0 bridgehead atoms. The average molecular weight is 485 g/mol. The van der Waals surface area contributed by atoms with Gasteiger partial charge in [-0.3, -0.25) is 14.9 Å². The van der Waals surface area contributed by atoms with Crippen LogP contribution in [0, 0.1) is 17.0 Å². The monoisotopic (exact) mass is 484 g/mol. The van der Waals surface area contributed by atoms with E-state index in [9.17, 15) is 14.9 Å². The van der Waals surface area contributed by atoms with Crippen molar-refractivity contribution in [3.05, 3.63) is 81.4 Å². The summed E-state index contributed by atoms with van der Waals surface area (Å²) in [5.74, 6) is 0.438. The minimum Gasteiger partial charge on any atom is -0.436 e. The lowest BCUT2D eigenvalue weighted by Gasteiger charge is -2.18. The van der Waals surface area contributed by atoms with Crippen LogP contribution in [0.4, 0.5) is 17.1 Å². The lowest BCUT2D eigenvalue weighted by atomic mass is 10.0. The molecule has 0 unspecified atom stereocenters. The molecule has 8 nitrogen and oxygen atoms in total. The molecule has 1 amide bonds. The van der Waals surface area contributed by atoms with Crippen LogP contribution in [-0.4, -0.2) is 28.9 Å². The molecule has 1 fully saturated rings. The van der Waals surface area contributed by atoms with Crippen molar-refractivity contribution in [3.63, 3.8) is 0 Å².